The first-order chi connectivity index (χ1) is 13.2. The Morgan fingerprint density at radius 2 is 1.71 bits per heavy atom. The van der Waals surface area contributed by atoms with Gasteiger partial charge in [-0.15, -0.1) is 0 Å². The van der Waals surface area contributed by atoms with E-state index in [4.69, 9.17) is 4.74 Å². The van der Waals surface area contributed by atoms with Crippen molar-refractivity contribution >= 4 is 23.3 Å². The van der Waals surface area contributed by atoms with Gasteiger partial charge in [0.05, 0.1) is 17.6 Å². The van der Waals surface area contributed by atoms with Crippen LogP contribution in [0.4, 0.5) is 11.4 Å². The number of amides is 1. The average molecular weight is 386 g/mol. The van der Waals surface area contributed by atoms with Gasteiger partial charge in [-0.05, 0) is 42.7 Å². The maximum atomic E-state index is 12.4. The number of esters is 1. The average Bonchev–Trinajstić information content (AvgIpc) is 2.67. The first kappa shape index (κ1) is 20.9. The van der Waals surface area contributed by atoms with E-state index >= 15 is 0 Å². The molecule has 0 unspecified atom stereocenters. The number of carbonyl (C=O) groups excluding carboxylic acids is 2. The topological polar surface area (TPSA) is 108 Å². The lowest BCUT2D eigenvalue weighted by Crippen LogP contribution is -2.30. The Morgan fingerprint density at radius 3 is 2.25 bits per heavy atom. The van der Waals surface area contributed by atoms with E-state index in [0.29, 0.717) is 11.6 Å². The number of benzene rings is 2. The molecular formula is C20H22N2O6. The molecule has 1 N–H and O–H groups in total. The molecule has 0 spiro atoms. The third kappa shape index (κ3) is 5.06. The summed E-state index contributed by atoms with van der Waals surface area (Å²) >= 11 is 0. The van der Waals surface area contributed by atoms with Gasteiger partial charge in [-0.1, -0.05) is 26.0 Å². The van der Waals surface area contributed by atoms with Crippen molar-refractivity contribution in [1.29, 1.82) is 0 Å². The minimum absolute atomic E-state index is 0.0175. The molecule has 0 aliphatic heterocycles. The van der Waals surface area contributed by atoms with Gasteiger partial charge < -0.3 is 14.8 Å². The molecule has 8 heteroatoms. The van der Waals surface area contributed by atoms with E-state index in [-0.39, 0.29) is 11.3 Å². The Labute approximate surface area is 162 Å². The largest absolute Gasteiger partial charge is 0.474 e. The Bertz CT molecular complexity index is 877. The molecule has 2 aromatic carbocycles. The molecule has 1 amide bonds. The number of hydrogen-bond acceptors (Lipinski definition) is 6. The molecule has 0 aromatic heterocycles. The number of nitro benzene ring substituents is 1. The summed E-state index contributed by atoms with van der Waals surface area (Å²) in [7, 11) is 1.18. The Balaban J connectivity index is 2.12. The molecule has 0 saturated carbocycles. The van der Waals surface area contributed by atoms with E-state index in [1.54, 1.807) is 12.1 Å². The van der Waals surface area contributed by atoms with Crippen LogP contribution in [-0.4, -0.2) is 30.0 Å². The fourth-order valence-corrected chi connectivity index (χ4v) is 2.44. The molecule has 8 nitrogen and oxygen atoms in total. The van der Waals surface area contributed by atoms with Crippen molar-refractivity contribution in [2.45, 2.75) is 32.8 Å². The normalized spacial score (nSPS) is 11.6. The second kappa shape index (κ2) is 8.98. The van der Waals surface area contributed by atoms with Gasteiger partial charge in [0.2, 0.25) is 0 Å². The van der Waals surface area contributed by atoms with E-state index in [0.717, 1.165) is 11.6 Å². The number of rotatable bonds is 7. The maximum Gasteiger partial charge on any atom is 0.338 e. The van der Waals surface area contributed by atoms with Gasteiger partial charge in [-0.25, -0.2) is 4.79 Å². The summed E-state index contributed by atoms with van der Waals surface area (Å²) in [6.07, 6.45) is -0.993. The summed E-state index contributed by atoms with van der Waals surface area (Å²) in [6, 6.07) is 11.1. The summed E-state index contributed by atoms with van der Waals surface area (Å²) in [6.45, 7) is 5.62. The molecule has 0 heterocycles. The molecule has 28 heavy (non-hydrogen) atoms. The third-order valence-corrected chi connectivity index (χ3v) is 4.09. The number of nitro groups is 1. The van der Waals surface area contributed by atoms with Crippen molar-refractivity contribution in [3.63, 3.8) is 0 Å². The molecule has 0 aliphatic rings. The van der Waals surface area contributed by atoms with E-state index in [1.807, 2.05) is 12.1 Å². The fraction of sp³-hybridized carbons (Fsp3) is 0.300. The Morgan fingerprint density at radius 1 is 1.07 bits per heavy atom. The fourth-order valence-electron chi connectivity index (χ4n) is 2.44. The smallest absolute Gasteiger partial charge is 0.338 e. The lowest BCUT2D eigenvalue weighted by atomic mass is 10.0. The monoisotopic (exact) mass is 386 g/mol. The minimum atomic E-state index is -0.993. The summed E-state index contributed by atoms with van der Waals surface area (Å²) in [5.41, 5.74) is 1.33. The lowest BCUT2D eigenvalue weighted by Gasteiger charge is -2.15. The van der Waals surface area contributed by atoms with Gasteiger partial charge >= 0.3 is 11.7 Å². The Hall–Kier alpha value is -3.42. The van der Waals surface area contributed by atoms with Gasteiger partial charge in [0.1, 0.15) is 0 Å². The summed E-state index contributed by atoms with van der Waals surface area (Å²) in [4.78, 5) is 34.5. The van der Waals surface area contributed by atoms with Crippen LogP contribution in [0.1, 0.15) is 42.6 Å². The molecule has 0 aliphatic carbocycles. The second-order valence-corrected chi connectivity index (χ2v) is 6.46. The van der Waals surface area contributed by atoms with E-state index in [1.165, 1.54) is 26.2 Å². The number of ether oxygens (including phenoxy) is 2. The first-order valence-electron chi connectivity index (χ1n) is 8.67. The zero-order chi connectivity index (χ0) is 20.8. The van der Waals surface area contributed by atoms with Gasteiger partial charge in [0, 0.05) is 11.8 Å². The zero-order valence-corrected chi connectivity index (χ0v) is 16.1. The predicted molar refractivity (Wildman–Crippen MR) is 104 cm³/mol. The summed E-state index contributed by atoms with van der Waals surface area (Å²) < 4.78 is 10.0. The minimum Gasteiger partial charge on any atom is -0.474 e. The number of nitrogens with one attached hydrogen (secondary N) is 1. The SMILES string of the molecule is COC(=O)c1ccc(O[C@@H](C)C(=O)Nc2ccc(C(C)C)cc2)c([N+](=O)[O-])c1. The summed E-state index contributed by atoms with van der Waals surface area (Å²) in [5.74, 6) is -0.898. The molecule has 148 valence electrons. The van der Waals surface area contributed by atoms with Crippen molar-refractivity contribution in [2.75, 3.05) is 12.4 Å². The van der Waals surface area contributed by atoms with Crippen molar-refractivity contribution in [3.05, 3.63) is 63.7 Å². The van der Waals surface area contributed by atoms with Crippen molar-refractivity contribution < 1.29 is 24.0 Å². The number of carbonyl (C=O) groups is 2. The second-order valence-electron chi connectivity index (χ2n) is 6.46. The lowest BCUT2D eigenvalue weighted by molar-refractivity contribution is -0.386. The molecule has 0 fully saturated rings. The molecular weight excluding hydrogens is 364 g/mol. The number of anilines is 1. The first-order valence-corrected chi connectivity index (χ1v) is 8.67. The van der Waals surface area contributed by atoms with Crippen LogP contribution in [0.2, 0.25) is 0 Å². The van der Waals surface area contributed by atoms with Crippen LogP contribution in [0.3, 0.4) is 0 Å². The van der Waals surface area contributed by atoms with Crippen LogP contribution in [0.5, 0.6) is 5.75 Å². The van der Waals surface area contributed by atoms with E-state index in [2.05, 4.69) is 23.9 Å². The quantitative estimate of drug-likeness (QED) is 0.439. The third-order valence-electron chi connectivity index (χ3n) is 4.09. The number of nitrogens with zero attached hydrogens (tertiary/aromatic N) is 1. The van der Waals surface area contributed by atoms with Crippen molar-refractivity contribution in [1.82, 2.24) is 0 Å². The molecule has 0 saturated heterocycles. The molecule has 2 aromatic rings. The van der Waals surface area contributed by atoms with Gasteiger partial charge in [0.25, 0.3) is 5.91 Å². The van der Waals surface area contributed by atoms with Crippen LogP contribution in [-0.2, 0) is 9.53 Å². The summed E-state index contributed by atoms with van der Waals surface area (Å²) in [5, 5.41) is 14.0. The van der Waals surface area contributed by atoms with Crippen LogP contribution in [0.25, 0.3) is 0 Å². The highest BCUT2D eigenvalue weighted by molar-refractivity contribution is 5.94. The van der Waals surface area contributed by atoms with Gasteiger partial charge in [-0.2, -0.15) is 0 Å². The van der Waals surface area contributed by atoms with Crippen LogP contribution >= 0.6 is 0 Å². The molecule has 0 bridgehead atoms. The number of methoxy groups -OCH3 is 1. The predicted octanol–water partition coefficient (Wildman–Crippen LogP) is 3.91. The van der Waals surface area contributed by atoms with E-state index < -0.39 is 28.6 Å². The van der Waals surface area contributed by atoms with Gasteiger partial charge in [0.15, 0.2) is 11.9 Å². The highest BCUT2D eigenvalue weighted by Crippen LogP contribution is 2.29. The van der Waals surface area contributed by atoms with Crippen molar-refractivity contribution in [3.8, 4) is 5.75 Å². The zero-order valence-electron chi connectivity index (χ0n) is 16.1. The van der Waals surface area contributed by atoms with Crippen molar-refractivity contribution in [2.24, 2.45) is 0 Å². The molecule has 1 atom stereocenters. The standard InChI is InChI=1S/C20H22N2O6/c1-12(2)14-5-8-16(9-6-14)21-19(23)13(3)28-18-10-7-15(20(24)27-4)11-17(18)22(25)26/h5-13H,1-4H3,(H,21,23)/t13-/m0/s1. The van der Waals surface area contributed by atoms with Crippen LogP contribution in [0, 0.1) is 10.1 Å². The van der Waals surface area contributed by atoms with Crippen LogP contribution < -0.4 is 10.1 Å². The number of hydrogen-bond donors (Lipinski definition) is 1. The molecule has 0 radical (unpaired) electrons. The molecule has 2 rings (SSSR count). The van der Waals surface area contributed by atoms with Crippen LogP contribution in [0.15, 0.2) is 42.5 Å². The Kier molecular flexibility index (Phi) is 6.70. The highest BCUT2D eigenvalue weighted by atomic mass is 16.6. The maximum absolute atomic E-state index is 12.4. The highest BCUT2D eigenvalue weighted by Gasteiger charge is 2.23. The van der Waals surface area contributed by atoms with Gasteiger partial charge in [-0.3, -0.25) is 14.9 Å². The van der Waals surface area contributed by atoms with E-state index in [9.17, 15) is 19.7 Å².